The Morgan fingerprint density at radius 1 is 1.16 bits per heavy atom. The molecule has 1 N–H and O–H groups in total. The van der Waals surface area contributed by atoms with E-state index in [1.54, 1.807) is 24.3 Å². The molecule has 1 atom stereocenters. The molecule has 0 aromatic heterocycles. The summed E-state index contributed by atoms with van der Waals surface area (Å²) >= 11 is 0. The lowest BCUT2D eigenvalue weighted by Gasteiger charge is -2.14. The summed E-state index contributed by atoms with van der Waals surface area (Å²) in [5, 5.41) is 2.92. The molecule has 3 rings (SSSR count). The highest BCUT2D eigenvalue weighted by Crippen LogP contribution is 2.38. The van der Waals surface area contributed by atoms with E-state index in [0.717, 1.165) is 23.5 Å². The van der Waals surface area contributed by atoms with Gasteiger partial charge < -0.3 is 19.5 Å². The van der Waals surface area contributed by atoms with E-state index >= 15 is 0 Å². The van der Waals surface area contributed by atoms with Crippen LogP contribution in [0.4, 0.5) is 5.69 Å². The van der Waals surface area contributed by atoms with Crippen LogP contribution in [0.5, 0.6) is 17.2 Å². The SMILES string of the molecule is CCOc1ccc(C(=O)Nc2cc3c(cc2OCC)CC(C)O3)cc1. The number of amides is 1. The van der Waals surface area contributed by atoms with Crippen LogP contribution in [0.3, 0.4) is 0 Å². The number of ether oxygens (including phenoxy) is 3. The second-order valence-corrected chi connectivity index (χ2v) is 5.93. The van der Waals surface area contributed by atoms with E-state index in [9.17, 15) is 4.79 Å². The molecule has 0 bridgehead atoms. The molecule has 132 valence electrons. The minimum atomic E-state index is -0.199. The van der Waals surface area contributed by atoms with Gasteiger partial charge in [-0.25, -0.2) is 0 Å². The van der Waals surface area contributed by atoms with Crippen LogP contribution in [0.2, 0.25) is 0 Å². The number of hydrogen-bond donors (Lipinski definition) is 1. The van der Waals surface area contributed by atoms with Gasteiger partial charge in [0.2, 0.25) is 0 Å². The van der Waals surface area contributed by atoms with Crippen molar-refractivity contribution in [2.45, 2.75) is 33.3 Å². The van der Waals surface area contributed by atoms with Gasteiger partial charge in [-0.3, -0.25) is 4.79 Å². The van der Waals surface area contributed by atoms with E-state index in [-0.39, 0.29) is 12.0 Å². The van der Waals surface area contributed by atoms with E-state index in [1.165, 1.54) is 0 Å². The Kier molecular flexibility index (Phi) is 5.12. The summed E-state index contributed by atoms with van der Waals surface area (Å²) in [6.45, 7) is 6.99. The average Bonchev–Trinajstić information content (AvgIpc) is 2.95. The molecular formula is C20H23NO4. The summed E-state index contributed by atoms with van der Waals surface area (Å²) in [7, 11) is 0. The van der Waals surface area contributed by atoms with Gasteiger partial charge in [-0.2, -0.15) is 0 Å². The van der Waals surface area contributed by atoms with Gasteiger partial charge in [-0.1, -0.05) is 0 Å². The van der Waals surface area contributed by atoms with Crippen LogP contribution in [0.25, 0.3) is 0 Å². The van der Waals surface area contributed by atoms with E-state index in [4.69, 9.17) is 14.2 Å². The normalized spacial score (nSPS) is 15.2. The number of rotatable bonds is 6. The molecule has 2 aromatic rings. The number of hydrogen-bond acceptors (Lipinski definition) is 4. The van der Waals surface area contributed by atoms with Crippen LogP contribution < -0.4 is 19.5 Å². The van der Waals surface area contributed by atoms with Gasteiger partial charge in [0.25, 0.3) is 5.91 Å². The first kappa shape index (κ1) is 17.1. The van der Waals surface area contributed by atoms with E-state index in [1.807, 2.05) is 32.9 Å². The highest BCUT2D eigenvalue weighted by molar-refractivity contribution is 6.05. The molecule has 0 spiro atoms. The lowest BCUT2D eigenvalue weighted by molar-refractivity contribution is 0.102. The van der Waals surface area contributed by atoms with Crippen molar-refractivity contribution in [3.8, 4) is 17.2 Å². The van der Waals surface area contributed by atoms with Crippen molar-refractivity contribution in [2.75, 3.05) is 18.5 Å². The van der Waals surface area contributed by atoms with Gasteiger partial charge in [-0.05, 0) is 51.1 Å². The predicted octanol–water partition coefficient (Wildman–Crippen LogP) is 4.06. The lowest BCUT2D eigenvalue weighted by Crippen LogP contribution is -2.13. The average molecular weight is 341 g/mol. The largest absolute Gasteiger partial charge is 0.494 e. The molecule has 1 heterocycles. The zero-order valence-electron chi connectivity index (χ0n) is 14.8. The number of nitrogens with one attached hydrogen (secondary N) is 1. The number of carbonyl (C=O) groups excluding carboxylic acids is 1. The first-order valence-corrected chi connectivity index (χ1v) is 8.61. The third kappa shape index (κ3) is 3.87. The van der Waals surface area contributed by atoms with Crippen molar-refractivity contribution in [1.29, 1.82) is 0 Å². The molecule has 0 saturated heterocycles. The molecular weight excluding hydrogens is 318 g/mol. The maximum atomic E-state index is 12.6. The van der Waals surface area contributed by atoms with Gasteiger partial charge in [0.15, 0.2) is 0 Å². The summed E-state index contributed by atoms with van der Waals surface area (Å²) in [4.78, 5) is 12.6. The first-order chi connectivity index (χ1) is 12.1. The van der Waals surface area contributed by atoms with Gasteiger partial charge >= 0.3 is 0 Å². The molecule has 0 fully saturated rings. The standard InChI is InChI=1S/C20H23NO4/c1-4-23-16-8-6-14(7-9-16)20(22)21-17-12-18-15(10-13(3)25-18)11-19(17)24-5-2/h6-9,11-13H,4-5,10H2,1-3H3,(H,21,22). The fourth-order valence-electron chi connectivity index (χ4n) is 2.88. The molecule has 1 aliphatic rings. The van der Waals surface area contributed by atoms with Crippen molar-refractivity contribution in [3.05, 3.63) is 47.5 Å². The minimum Gasteiger partial charge on any atom is -0.494 e. The zero-order chi connectivity index (χ0) is 17.8. The second-order valence-electron chi connectivity index (χ2n) is 5.93. The maximum absolute atomic E-state index is 12.6. The molecule has 5 heteroatoms. The van der Waals surface area contributed by atoms with Gasteiger partial charge in [0.05, 0.1) is 18.9 Å². The molecule has 25 heavy (non-hydrogen) atoms. The van der Waals surface area contributed by atoms with Crippen LogP contribution >= 0.6 is 0 Å². The van der Waals surface area contributed by atoms with Crippen LogP contribution in [-0.2, 0) is 6.42 Å². The molecule has 0 radical (unpaired) electrons. The lowest BCUT2D eigenvalue weighted by atomic mass is 10.1. The third-order valence-corrected chi connectivity index (χ3v) is 3.97. The topological polar surface area (TPSA) is 56.8 Å². The van der Waals surface area contributed by atoms with Crippen molar-refractivity contribution in [3.63, 3.8) is 0 Å². The molecule has 0 saturated carbocycles. The quantitative estimate of drug-likeness (QED) is 0.861. The highest BCUT2D eigenvalue weighted by Gasteiger charge is 2.22. The Morgan fingerprint density at radius 3 is 2.56 bits per heavy atom. The summed E-state index contributed by atoms with van der Waals surface area (Å²) in [6, 6.07) is 10.9. The maximum Gasteiger partial charge on any atom is 0.255 e. The van der Waals surface area contributed by atoms with Crippen LogP contribution in [0.1, 0.15) is 36.7 Å². The summed E-state index contributed by atoms with van der Waals surface area (Å²) in [5.74, 6) is 2.01. The summed E-state index contributed by atoms with van der Waals surface area (Å²) in [5.41, 5.74) is 2.28. The van der Waals surface area contributed by atoms with E-state index < -0.39 is 0 Å². The second kappa shape index (κ2) is 7.47. The fraction of sp³-hybridized carbons (Fsp3) is 0.350. The van der Waals surface area contributed by atoms with Crippen LogP contribution in [-0.4, -0.2) is 25.2 Å². The fourth-order valence-corrected chi connectivity index (χ4v) is 2.88. The monoisotopic (exact) mass is 341 g/mol. The summed E-state index contributed by atoms with van der Waals surface area (Å²) < 4.78 is 16.9. The molecule has 2 aromatic carbocycles. The Morgan fingerprint density at radius 2 is 1.88 bits per heavy atom. The Balaban J connectivity index is 1.81. The molecule has 0 aliphatic carbocycles. The molecule has 1 aliphatic heterocycles. The zero-order valence-corrected chi connectivity index (χ0v) is 14.8. The van der Waals surface area contributed by atoms with Gasteiger partial charge in [0.1, 0.15) is 23.4 Å². The van der Waals surface area contributed by atoms with Crippen molar-refractivity contribution >= 4 is 11.6 Å². The summed E-state index contributed by atoms with van der Waals surface area (Å²) in [6.07, 6.45) is 0.990. The number of benzene rings is 2. The molecule has 5 nitrogen and oxygen atoms in total. The van der Waals surface area contributed by atoms with Gasteiger partial charge in [-0.15, -0.1) is 0 Å². The van der Waals surface area contributed by atoms with Crippen LogP contribution in [0, 0.1) is 0 Å². The smallest absolute Gasteiger partial charge is 0.255 e. The van der Waals surface area contributed by atoms with E-state index in [0.29, 0.717) is 30.2 Å². The molecule has 1 amide bonds. The third-order valence-electron chi connectivity index (χ3n) is 3.97. The van der Waals surface area contributed by atoms with Crippen molar-refractivity contribution in [1.82, 2.24) is 0 Å². The van der Waals surface area contributed by atoms with Crippen molar-refractivity contribution < 1.29 is 19.0 Å². The Hall–Kier alpha value is -2.69. The van der Waals surface area contributed by atoms with Crippen molar-refractivity contribution in [2.24, 2.45) is 0 Å². The number of carbonyl (C=O) groups is 1. The van der Waals surface area contributed by atoms with E-state index in [2.05, 4.69) is 5.32 Å². The molecule has 1 unspecified atom stereocenters. The number of fused-ring (bicyclic) bond motifs is 1. The number of anilines is 1. The predicted molar refractivity (Wildman–Crippen MR) is 97.0 cm³/mol. The first-order valence-electron chi connectivity index (χ1n) is 8.61. The van der Waals surface area contributed by atoms with Gasteiger partial charge in [0, 0.05) is 23.6 Å². The van der Waals surface area contributed by atoms with Crippen LogP contribution in [0.15, 0.2) is 36.4 Å². The minimum absolute atomic E-state index is 0.140. The highest BCUT2D eigenvalue weighted by atomic mass is 16.5. The Labute approximate surface area is 147 Å². The Bertz CT molecular complexity index is 755.